The van der Waals surface area contributed by atoms with Crippen LogP contribution in [0.3, 0.4) is 0 Å². The van der Waals surface area contributed by atoms with Gasteiger partial charge in [0, 0.05) is 48.6 Å². The molecule has 0 aliphatic carbocycles. The van der Waals surface area contributed by atoms with E-state index in [4.69, 9.17) is 0 Å². The van der Waals surface area contributed by atoms with Crippen LogP contribution in [-0.2, 0) is 20.8 Å². The van der Waals surface area contributed by atoms with Crippen LogP contribution >= 0.6 is 0 Å². The maximum Gasteiger partial charge on any atom is 0.242 e. The van der Waals surface area contributed by atoms with E-state index in [1.165, 1.54) is 18.4 Å². The predicted octanol–water partition coefficient (Wildman–Crippen LogP) is 1.51. The molecule has 1 rings (SSSR count). The summed E-state index contributed by atoms with van der Waals surface area (Å²) >= 11 is 0. The Morgan fingerprint density at radius 2 is 1.80 bits per heavy atom. The lowest BCUT2D eigenvalue weighted by Gasteiger charge is -2.16. The molecule has 5 nitrogen and oxygen atoms in total. The lowest BCUT2D eigenvalue weighted by molar-refractivity contribution is 0.521. The lowest BCUT2D eigenvalue weighted by Crippen LogP contribution is -2.22. The highest BCUT2D eigenvalue weighted by Crippen LogP contribution is 2.17. The minimum absolute atomic E-state index is 0.190. The van der Waals surface area contributed by atoms with Crippen molar-refractivity contribution in [3.05, 3.63) is 24.3 Å². The largest absolute Gasteiger partial charge is 0.383 e. The van der Waals surface area contributed by atoms with Crippen LogP contribution in [0.25, 0.3) is 0 Å². The van der Waals surface area contributed by atoms with Gasteiger partial charge in [0.2, 0.25) is 10.0 Å². The van der Waals surface area contributed by atoms with E-state index in [1.54, 1.807) is 30.5 Å². The molecule has 1 N–H and O–H groups in total. The van der Waals surface area contributed by atoms with Gasteiger partial charge >= 0.3 is 0 Å². The molecule has 0 fully saturated rings. The highest BCUT2D eigenvalue weighted by Gasteiger charge is 2.16. The SMILES string of the molecule is CC(CCS(C)=O)Nc1ccc(S(=O)(=O)N(C)C)cc1. The first kappa shape index (κ1) is 17.1. The summed E-state index contributed by atoms with van der Waals surface area (Å²) in [5, 5.41) is 3.26. The van der Waals surface area contributed by atoms with E-state index < -0.39 is 20.8 Å². The van der Waals surface area contributed by atoms with Crippen molar-refractivity contribution in [2.45, 2.75) is 24.3 Å². The molecule has 0 aromatic heterocycles. The van der Waals surface area contributed by atoms with Crippen molar-refractivity contribution in [1.82, 2.24) is 4.31 Å². The first-order valence-electron chi connectivity index (χ1n) is 6.32. The van der Waals surface area contributed by atoms with Crippen LogP contribution in [-0.4, -0.2) is 49.1 Å². The zero-order chi connectivity index (χ0) is 15.3. The third-order valence-electron chi connectivity index (χ3n) is 2.88. The Hall–Kier alpha value is -0.920. The van der Waals surface area contributed by atoms with Crippen LogP contribution in [0, 0.1) is 0 Å². The van der Waals surface area contributed by atoms with Crippen molar-refractivity contribution in [3.63, 3.8) is 0 Å². The quantitative estimate of drug-likeness (QED) is 0.827. The summed E-state index contributed by atoms with van der Waals surface area (Å²) in [6.07, 6.45) is 2.49. The molecular weight excluding hydrogens is 296 g/mol. The molecule has 0 bridgehead atoms. The fourth-order valence-electron chi connectivity index (χ4n) is 1.63. The van der Waals surface area contributed by atoms with Gasteiger partial charge in [0.25, 0.3) is 0 Å². The topological polar surface area (TPSA) is 66.5 Å². The minimum Gasteiger partial charge on any atom is -0.383 e. The number of nitrogens with one attached hydrogen (secondary N) is 1. The number of hydrogen-bond donors (Lipinski definition) is 1. The maximum absolute atomic E-state index is 11.9. The van der Waals surface area contributed by atoms with Crippen LogP contribution in [0.2, 0.25) is 0 Å². The molecule has 0 saturated heterocycles. The summed E-state index contributed by atoms with van der Waals surface area (Å²) < 4.78 is 36.0. The summed E-state index contributed by atoms with van der Waals surface area (Å²) in [5.41, 5.74) is 0.858. The Bertz CT molecular complexity index is 553. The monoisotopic (exact) mass is 318 g/mol. The standard InChI is InChI=1S/C13H22N2O3S2/c1-11(9-10-19(4)16)14-12-5-7-13(8-6-12)20(17,18)15(2)3/h5-8,11,14H,9-10H2,1-4H3. The summed E-state index contributed by atoms with van der Waals surface area (Å²) in [4.78, 5) is 0.273. The van der Waals surface area contributed by atoms with Crippen LogP contribution in [0.4, 0.5) is 5.69 Å². The molecule has 2 unspecified atom stereocenters. The van der Waals surface area contributed by atoms with Crippen molar-refractivity contribution in [3.8, 4) is 0 Å². The number of nitrogens with zero attached hydrogens (tertiary/aromatic N) is 1. The van der Waals surface area contributed by atoms with Gasteiger partial charge in [0.05, 0.1) is 4.90 Å². The zero-order valence-corrected chi connectivity index (χ0v) is 13.9. The third-order valence-corrected chi connectivity index (χ3v) is 5.52. The van der Waals surface area contributed by atoms with E-state index in [2.05, 4.69) is 5.32 Å². The Morgan fingerprint density at radius 3 is 2.25 bits per heavy atom. The molecule has 0 amide bonds. The normalized spacial score (nSPS) is 15.1. The van der Waals surface area contributed by atoms with Gasteiger partial charge in [0.15, 0.2) is 0 Å². The van der Waals surface area contributed by atoms with Gasteiger partial charge in [-0.05, 0) is 37.6 Å². The fraction of sp³-hybridized carbons (Fsp3) is 0.538. The zero-order valence-electron chi connectivity index (χ0n) is 12.3. The molecule has 7 heteroatoms. The molecule has 0 aliphatic heterocycles. The average Bonchev–Trinajstić information content (AvgIpc) is 2.37. The van der Waals surface area contributed by atoms with E-state index in [0.29, 0.717) is 5.75 Å². The molecular formula is C13H22N2O3S2. The molecule has 0 aliphatic rings. The van der Waals surface area contributed by atoms with Gasteiger partial charge in [-0.3, -0.25) is 4.21 Å². The summed E-state index contributed by atoms with van der Waals surface area (Å²) in [5.74, 6) is 0.654. The molecule has 0 radical (unpaired) electrons. The minimum atomic E-state index is -3.38. The molecule has 1 aromatic carbocycles. The average molecular weight is 318 g/mol. The van der Waals surface area contributed by atoms with Crippen molar-refractivity contribution >= 4 is 26.5 Å². The van der Waals surface area contributed by atoms with E-state index >= 15 is 0 Å². The highest BCUT2D eigenvalue weighted by atomic mass is 32.2. The number of benzene rings is 1. The van der Waals surface area contributed by atoms with E-state index in [9.17, 15) is 12.6 Å². The van der Waals surface area contributed by atoms with Crippen molar-refractivity contribution in [2.24, 2.45) is 0 Å². The maximum atomic E-state index is 11.9. The Kier molecular flexibility index (Phi) is 6.16. The first-order chi connectivity index (χ1) is 9.23. The van der Waals surface area contributed by atoms with Crippen LogP contribution in [0.5, 0.6) is 0 Å². The molecule has 2 atom stereocenters. The Morgan fingerprint density at radius 1 is 1.25 bits per heavy atom. The number of sulfonamides is 1. The first-order valence-corrected chi connectivity index (χ1v) is 9.49. The van der Waals surface area contributed by atoms with E-state index in [1.807, 2.05) is 6.92 Å². The number of hydrogen-bond acceptors (Lipinski definition) is 4. The van der Waals surface area contributed by atoms with Crippen LogP contribution in [0.1, 0.15) is 13.3 Å². The second-order valence-electron chi connectivity index (χ2n) is 4.92. The smallest absolute Gasteiger partial charge is 0.242 e. The second-order valence-corrected chi connectivity index (χ2v) is 8.63. The fourth-order valence-corrected chi connectivity index (χ4v) is 3.22. The molecule has 0 heterocycles. The molecule has 0 spiro atoms. The van der Waals surface area contributed by atoms with E-state index in [0.717, 1.165) is 12.1 Å². The molecule has 114 valence electrons. The van der Waals surface area contributed by atoms with Crippen molar-refractivity contribution < 1.29 is 12.6 Å². The second kappa shape index (κ2) is 7.19. The van der Waals surface area contributed by atoms with Gasteiger partial charge in [-0.25, -0.2) is 12.7 Å². The van der Waals surface area contributed by atoms with Crippen LogP contribution in [0.15, 0.2) is 29.2 Å². The van der Waals surface area contributed by atoms with Gasteiger partial charge in [-0.1, -0.05) is 0 Å². The summed E-state index contributed by atoms with van der Waals surface area (Å²) in [7, 11) is -1.15. The van der Waals surface area contributed by atoms with Crippen molar-refractivity contribution in [2.75, 3.05) is 31.4 Å². The summed E-state index contributed by atoms with van der Waals surface area (Å²) in [6, 6.07) is 6.85. The van der Waals surface area contributed by atoms with Gasteiger partial charge in [-0.2, -0.15) is 0 Å². The van der Waals surface area contributed by atoms with Crippen molar-refractivity contribution in [1.29, 1.82) is 0 Å². The summed E-state index contributed by atoms with van der Waals surface area (Å²) in [6.45, 7) is 2.01. The number of anilines is 1. The molecule has 0 saturated carbocycles. The van der Waals surface area contributed by atoms with Gasteiger partial charge < -0.3 is 5.32 Å². The molecule has 1 aromatic rings. The Balaban J connectivity index is 2.70. The third kappa shape index (κ3) is 4.88. The predicted molar refractivity (Wildman–Crippen MR) is 83.9 cm³/mol. The van der Waals surface area contributed by atoms with E-state index in [-0.39, 0.29) is 10.9 Å². The Labute approximate surface area is 123 Å². The molecule has 20 heavy (non-hydrogen) atoms. The van der Waals surface area contributed by atoms with Gasteiger partial charge in [-0.15, -0.1) is 0 Å². The highest BCUT2D eigenvalue weighted by molar-refractivity contribution is 7.89. The van der Waals surface area contributed by atoms with Gasteiger partial charge in [0.1, 0.15) is 0 Å². The lowest BCUT2D eigenvalue weighted by atomic mass is 10.2. The van der Waals surface area contributed by atoms with Crippen LogP contribution < -0.4 is 5.32 Å². The number of rotatable bonds is 7.